The Morgan fingerprint density at radius 3 is 2.15 bits per heavy atom. The van der Waals surface area contributed by atoms with Gasteiger partial charge in [0, 0.05) is 16.8 Å². The molecule has 1 aliphatic rings. The number of carbonyl (C=O) groups excluding carboxylic acids is 2. The second-order valence-electron chi connectivity index (χ2n) is 7.11. The zero-order chi connectivity index (χ0) is 19.7. The number of nitrogens with one attached hydrogen (secondary N) is 2. The molecule has 2 atom stereocenters. The largest absolute Gasteiger partial charge is 0.495 e. The fourth-order valence-corrected chi connectivity index (χ4v) is 3.37. The number of hydrogen-bond acceptors (Lipinski definition) is 3. The minimum atomic E-state index is -0.336. The number of carbonyl (C=O) groups is 2. The molecule has 2 aromatic carbocycles. The summed E-state index contributed by atoms with van der Waals surface area (Å²) in [4.78, 5) is 25.0. The predicted molar refractivity (Wildman–Crippen MR) is 108 cm³/mol. The van der Waals surface area contributed by atoms with Gasteiger partial charge in [-0.15, -0.1) is 0 Å². The molecule has 0 radical (unpaired) electrons. The van der Waals surface area contributed by atoms with Crippen molar-refractivity contribution < 1.29 is 14.3 Å². The van der Waals surface area contributed by atoms with Crippen LogP contribution in [0.25, 0.3) is 0 Å². The van der Waals surface area contributed by atoms with E-state index in [9.17, 15) is 9.59 Å². The van der Waals surface area contributed by atoms with E-state index in [1.165, 1.54) is 7.11 Å². The number of anilines is 2. The van der Waals surface area contributed by atoms with Crippen LogP contribution in [-0.4, -0.2) is 18.9 Å². The SMILES string of the molecule is COc1cc(Cl)c(C)cc1NC(=O)C1CC1C(=O)Nc1cc(C)cc(C)c1. The number of ether oxygens (including phenoxy) is 1. The van der Waals surface area contributed by atoms with Gasteiger partial charge < -0.3 is 15.4 Å². The molecule has 0 aliphatic heterocycles. The lowest BCUT2D eigenvalue weighted by Crippen LogP contribution is -2.21. The van der Waals surface area contributed by atoms with E-state index in [0.717, 1.165) is 22.4 Å². The summed E-state index contributed by atoms with van der Waals surface area (Å²) in [6.07, 6.45) is 0.539. The quantitative estimate of drug-likeness (QED) is 0.795. The van der Waals surface area contributed by atoms with Gasteiger partial charge in [0.25, 0.3) is 0 Å². The second kappa shape index (κ2) is 7.61. The van der Waals surface area contributed by atoms with Crippen molar-refractivity contribution in [3.63, 3.8) is 0 Å². The number of benzene rings is 2. The van der Waals surface area contributed by atoms with Crippen LogP contribution in [0.2, 0.25) is 5.02 Å². The van der Waals surface area contributed by atoms with Gasteiger partial charge in [-0.05, 0) is 62.1 Å². The molecule has 5 nitrogen and oxygen atoms in total. The Balaban J connectivity index is 1.63. The molecule has 1 saturated carbocycles. The molecule has 0 saturated heterocycles. The van der Waals surface area contributed by atoms with Gasteiger partial charge >= 0.3 is 0 Å². The van der Waals surface area contributed by atoms with Gasteiger partial charge in [-0.25, -0.2) is 0 Å². The summed E-state index contributed by atoms with van der Waals surface area (Å²) in [6.45, 7) is 5.82. The Kier molecular flexibility index (Phi) is 5.42. The van der Waals surface area contributed by atoms with Crippen molar-refractivity contribution in [3.05, 3.63) is 52.0 Å². The minimum Gasteiger partial charge on any atom is -0.495 e. The molecule has 6 heteroatoms. The maximum Gasteiger partial charge on any atom is 0.228 e. The molecule has 2 amide bonds. The summed E-state index contributed by atoms with van der Waals surface area (Å²) in [5.41, 5.74) is 4.33. The van der Waals surface area contributed by atoms with E-state index < -0.39 is 0 Å². The lowest BCUT2D eigenvalue weighted by molar-refractivity contribution is -0.122. The van der Waals surface area contributed by atoms with Gasteiger partial charge in [0.15, 0.2) is 0 Å². The average Bonchev–Trinajstić information content (AvgIpc) is 3.38. The van der Waals surface area contributed by atoms with Crippen LogP contribution in [0.5, 0.6) is 5.75 Å². The zero-order valence-corrected chi connectivity index (χ0v) is 16.6. The van der Waals surface area contributed by atoms with Crippen LogP contribution in [0.1, 0.15) is 23.1 Å². The Labute approximate surface area is 164 Å². The van der Waals surface area contributed by atoms with Crippen molar-refractivity contribution in [2.75, 3.05) is 17.7 Å². The summed E-state index contributed by atoms with van der Waals surface area (Å²) in [7, 11) is 1.52. The first-order valence-electron chi connectivity index (χ1n) is 8.82. The molecule has 142 valence electrons. The number of rotatable bonds is 5. The van der Waals surface area contributed by atoms with E-state index in [1.807, 2.05) is 39.0 Å². The Morgan fingerprint density at radius 1 is 0.963 bits per heavy atom. The number of halogens is 1. The molecule has 1 aliphatic carbocycles. The van der Waals surface area contributed by atoms with Crippen molar-refractivity contribution >= 4 is 34.8 Å². The lowest BCUT2D eigenvalue weighted by atomic mass is 10.1. The molecule has 0 bridgehead atoms. The van der Waals surface area contributed by atoms with Crippen molar-refractivity contribution in [2.24, 2.45) is 11.8 Å². The van der Waals surface area contributed by atoms with E-state index in [4.69, 9.17) is 16.3 Å². The van der Waals surface area contributed by atoms with Gasteiger partial charge in [0.2, 0.25) is 11.8 Å². The fraction of sp³-hybridized carbons (Fsp3) is 0.333. The van der Waals surface area contributed by atoms with Gasteiger partial charge in [0.1, 0.15) is 5.75 Å². The third kappa shape index (κ3) is 4.42. The third-order valence-electron chi connectivity index (χ3n) is 4.69. The second-order valence-corrected chi connectivity index (χ2v) is 7.51. The first-order valence-corrected chi connectivity index (χ1v) is 9.20. The van der Waals surface area contributed by atoms with Crippen molar-refractivity contribution in [2.45, 2.75) is 27.2 Å². The lowest BCUT2D eigenvalue weighted by Gasteiger charge is -2.12. The normalized spacial score (nSPS) is 18.0. The summed E-state index contributed by atoms with van der Waals surface area (Å²) in [6, 6.07) is 9.33. The summed E-state index contributed by atoms with van der Waals surface area (Å²) in [5, 5.41) is 6.34. The minimum absolute atomic E-state index is 0.126. The highest BCUT2D eigenvalue weighted by atomic mass is 35.5. The topological polar surface area (TPSA) is 67.4 Å². The highest BCUT2D eigenvalue weighted by molar-refractivity contribution is 6.31. The van der Waals surface area contributed by atoms with Crippen LogP contribution < -0.4 is 15.4 Å². The molecule has 0 spiro atoms. The van der Waals surface area contributed by atoms with Crippen molar-refractivity contribution in [3.8, 4) is 5.75 Å². The van der Waals surface area contributed by atoms with Crippen molar-refractivity contribution in [1.82, 2.24) is 0 Å². The highest BCUT2D eigenvalue weighted by Gasteiger charge is 2.48. The Bertz CT molecular complexity index is 890. The van der Waals surface area contributed by atoms with Gasteiger partial charge in [-0.2, -0.15) is 0 Å². The Hall–Kier alpha value is -2.53. The monoisotopic (exact) mass is 386 g/mol. The third-order valence-corrected chi connectivity index (χ3v) is 5.10. The highest BCUT2D eigenvalue weighted by Crippen LogP contribution is 2.41. The summed E-state index contributed by atoms with van der Waals surface area (Å²) < 4.78 is 5.28. The molecule has 0 heterocycles. The van der Waals surface area contributed by atoms with Crippen LogP contribution in [0.3, 0.4) is 0 Å². The zero-order valence-electron chi connectivity index (χ0n) is 15.9. The molecule has 1 fully saturated rings. The summed E-state index contributed by atoms with van der Waals surface area (Å²) in [5.74, 6) is -0.465. The fourth-order valence-electron chi connectivity index (χ4n) is 3.21. The standard InChI is InChI=1S/C21H23ClN2O3/c1-11-5-12(2)7-14(6-11)23-20(25)15-9-16(15)21(26)24-18-8-13(3)17(22)10-19(18)27-4/h5-8,10,15-16H,9H2,1-4H3,(H,23,25)(H,24,26). The van der Waals surface area contributed by atoms with Gasteiger partial charge in [-0.3, -0.25) is 9.59 Å². The number of hydrogen-bond donors (Lipinski definition) is 2. The molecule has 27 heavy (non-hydrogen) atoms. The van der Waals surface area contributed by atoms with E-state index in [0.29, 0.717) is 22.9 Å². The predicted octanol–water partition coefficient (Wildman–Crippen LogP) is 4.49. The first kappa shape index (κ1) is 19.2. The maximum atomic E-state index is 12.5. The molecule has 0 aromatic heterocycles. The van der Waals surface area contributed by atoms with Crippen LogP contribution >= 0.6 is 11.6 Å². The summed E-state index contributed by atoms with van der Waals surface area (Å²) >= 11 is 6.09. The number of amides is 2. The maximum absolute atomic E-state index is 12.5. The number of aryl methyl sites for hydroxylation is 3. The molecule has 2 aromatic rings. The van der Waals surface area contributed by atoms with Gasteiger partial charge in [0.05, 0.1) is 24.6 Å². The molecule has 3 rings (SSSR count). The van der Waals surface area contributed by atoms with Crippen LogP contribution in [-0.2, 0) is 9.59 Å². The van der Waals surface area contributed by atoms with Crippen molar-refractivity contribution in [1.29, 1.82) is 0 Å². The van der Waals surface area contributed by atoms with Crippen LogP contribution in [0.15, 0.2) is 30.3 Å². The molecule has 2 N–H and O–H groups in total. The van der Waals surface area contributed by atoms with Crippen LogP contribution in [0, 0.1) is 32.6 Å². The average molecular weight is 387 g/mol. The molecule has 2 unspecified atom stereocenters. The van der Waals surface area contributed by atoms with E-state index >= 15 is 0 Å². The van der Waals surface area contributed by atoms with E-state index in [-0.39, 0.29) is 23.7 Å². The molecular formula is C21H23ClN2O3. The molecular weight excluding hydrogens is 364 g/mol. The van der Waals surface area contributed by atoms with E-state index in [2.05, 4.69) is 10.6 Å². The smallest absolute Gasteiger partial charge is 0.228 e. The van der Waals surface area contributed by atoms with E-state index in [1.54, 1.807) is 12.1 Å². The first-order chi connectivity index (χ1) is 12.8. The van der Waals surface area contributed by atoms with Crippen LogP contribution in [0.4, 0.5) is 11.4 Å². The van der Waals surface area contributed by atoms with Gasteiger partial charge in [-0.1, -0.05) is 17.7 Å². The Morgan fingerprint density at radius 2 is 1.56 bits per heavy atom. The number of methoxy groups -OCH3 is 1.